The maximum absolute atomic E-state index is 14.0. The van der Waals surface area contributed by atoms with Gasteiger partial charge in [-0.3, -0.25) is 4.79 Å². The molecular formula is C22H28FN3O4S. The molecule has 0 saturated carbocycles. The monoisotopic (exact) mass is 449 g/mol. The van der Waals surface area contributed by atoms with Crippen molar-refractivity contribution in [3.8, 4) is 5.75 Å². The summed E-state index contributed by atoms with van der Waals surface area (Å²) in [5.74, 6) is -0.469. The molecule has 1 aliphatic heterocycles. The molecule has 0 aliphatic carbocycles. The van der Waals surface area contributed by atoms with Crippen molar-refractivity contribution in [2.75, 3.05) is 43.5 Å². The van der Waals surface area contributed by atoms with Crippen LogP contribution in [0.25, 0.3) is 0 Å². The number of rotatable bonds is 8. The third-order valence-electron chi connectivity index (χ3n) is 5.12. The zero-order valence-corrected chi connectivity index (χ0v) is 18.6. The molecule has 0 bridgehead atoms. The van der Waals surface area contributed by atoms with E-state index >= 15 is 0 Å². The predicted octanol–water partition coefficient (Wildman–Crippen LogP) is 3.47. The van der Waals surface area contributed by atoms with Gasteiger partial charge in [-0.25, -0.2) is 12.8 Å². The number of benzene rings is 2. The Bertz CT molecular complexity index is 1020. The number of ether oxygens (including phenoxy) is 1. The van der Waals surface area contributed by atoms with Crippen molar-refractivity contribution in [1.82, 2.24) is 4.31 Å². The Morgan fingerprint density at radius 1 is 1.16 bits per heavy atom. The van der Waals surface area contributed by atoms with Crippen LogP contribution in [0.4, 0.5) is 15.8 Å². The number of carbonyl (C=O) groups excluding carboxylic acids is 1. The van der Waals surface area contributed by atoms with Gasteiger partial charge in [0.2, 0.25) is 15.9 Å². The van der Waals surface area contributed by atoms with Gasteiger partial charge in [0.25, 0.3) is 0 Å². The van der Waals surface area contributed by atoms with Crippen LogP contribution in [0.2, 0.25) is 0 Å². The van der Waals surface area contributed by atoms with Crippen molar-refractivity contribution < 1.29 is 22.3 Å². The van der Waals surface area contributed by atoms with Gasteiger partial charge in [-0.1, -0.05) is 18.6 Å². The fourth-order valence-corrected chi connectivity index (χ4v) is 5.10. The van der Waals surface area contributed by atoms with Gasteiger partial charge in [-0.15, -0.1) is 0 Å². The average molecular weight is 450 g/mol. The van der Waals surface area contributed by atoms with Crippen molar-refractivity contribution in [3.63, 3.8) is 0 Å². The van der Waals surface area contributed by atoms with E-state index in [0.717, 1.165) is 19.3 Å². The number of hydrogen-bond acceptors (Lipinski definition) is 5. The second-order valence-electron chi connectivity index (χ2n) is 7.41. The third-order valence-corrected chi connectivity index (χ3v) is 7.02. The summed E-state index contributed by atoms with van der Waals surface area (Å²) in [7, 11) is -2.05. The van der Waals surface area contributed by atoms with Crippen LogP contribution in [0.3, 0.4) is 0 Å². The van der Waals surface area contributed by atoms with Gasteiger partial charge in [0.05, 0.1) is 29.4 Å². The zero-order valence-electron chi connectivity index (χ0n) is 17.8. The molecule has 1 saturated heterocycles. The second kappa shape index (κ2) is 10.1. The van der Waals surface area contributed by atoms with Gasteiger partial charge in [0.15, 0.2) is 0 Å². The Morgan fingerprint density at radius 3 is 2.55 bits per heavy atom. The van der Waals surface area contributed by atoms with E-state index in [1.165, 1.54) is 27.4 Å². The largest absolute Gasteiger partial charge is 0.492 e. The first-order valence-electron chi connectivity index (χ1n) is 10.4. The molecule has 1 fully saturated rings. The van der Waals surface area contributed by atoms with E-state index in [1.807, 2.05) is 0 Å². The van der Waals surface area contributed by atoms with Crippen LogP contribution in [0.1, 0.15) is 26.2 Å². The maximum atomic E-state index is 14.0. The molecule has 9 heteroatoms. The fourth-order valence-electron chi connectivity index (χ4n) is 3.55. The summed E-state index contributed by atoms with van der Waals surface area (Å²) in [6.07, 6.45) is 2.69. The molecule has 0 atom stereocenters. The lowest BCUT2D eigenvalue weighted by Crippen LogP contribution is -2.35. The quantitative estimate of drug-likeness (QED) is 0.668. The molecule has 0 radical (unpaired) electrons. The molecular weight excluding hydrogens is 421 g/mol. The van der Waals surface area contributed by atoms with E-state index in [0.29, 0.717) is 31.1 Å². The Balaban J connectivity index is 1.81. The number of likely N-dealkylation sites (N-methyl/N-ethyl adjacent to an activating group) is 1. The lowest BCUT2D eigenvalue weighted by molar-refractivity contribution is -0.114. The number of nitrogens with zero attached hydrogens (tertiary/aromatic N) is 2. The number of piperidine rings is 1. The minimum atomic E-state index is -3.66. The van der Waals surface area contributed by atoms with Crippen LogP contribution < -0.4 is 15.0 Å². The van der Waals surface area contributed by atoms with Gasteiger partial charge in [-0.05, 0) is 50.1 Å². The molecule has 168 valence electrons. The molecule has 0 aromatic heterocycles. The normalized spacial score (nSPS) is 14.8. The van der Waals surface area contributed by atoms with E-state index in [2.05, 4.69) is 5.32 Å². The number of para-hydroxylation sites is 1. The molecule has 2 aromatic carbocycles. The van der Waals surface area contributed by atoms with E-state index in [4.69, 9.17) is 4.74 Å². The Hall–Kier alpha value is -2.65. The standard InChI is InChI=1S/C22H28FN3O4S/c1-3-30-21-12-11-17(31(28,29)26-13-7-4-8-14-26)15-19(21)24-22(27)16-25(2)20-10-6-5-9-18(20)23/h5-6,9-12,15H,3-4,7-8,13-14,16H2,1-2H3,(H,24,27). The van der Waals surface area contributed by atoms with Gasteiger partial charge in [0.1, 0.15) is 11.6 Å². The third kappa shape index (κ3) is 5.54. The molecule has 3 rings (SSSR count). The topological polar surface area (TPSA) is 79.0 Å². The maximum Gasteiger partial charge on any atom is 0.243 e. The number of nitrogens with one attached hydrogen (secondary N) is 1. The molecule has 0 spiro atoms. The highest BCUT2D eigenvalue weighted by molar-refractivity contribution is 7.89. The molecule has 1 aliphatic rings. The number of amides is 1. The van der Waals surface area contributed by atoms with Gasteiger partial charge >= 0.3 is 0 Å². The first-order chi connectivity index (χ1) is 14.8. The number of hydrogen-bond donors (Lipinski definition) is 1. The summed E-state index contributed by atoms with van der Waals surface area (Å²) >= 11 is 0. The van der Waals surface area contributed by atoms with Gasteiger partial charge in [0, 0.05) is 20.1 Å². The van der Waals surface area contributed by atoms with Crippen LogP contribution in [0.5, 0.6) is 5.75 Å². The highest BCUT2D eigenvalue weighted by atomic mass is 32.2. The van der Waals surface area contributed by atoms with Crippen molar-refractivity contribution >= 4 is 27.3 Å². The van der Waals surface area contributed by atoms with Crippen molar-refractivity contribution in [1.29, 1.82) is 0 Å². The summed E-state index contributed by atoms with van der Waals surface area (Å²) in [6.45, 7) is 3.02. The van der Waals surface area contributed by atoms with Crippen LogP contribution in [0, 0.1) is 5.82 Å². The highest BCUT2D eigenvalue weighted by Crippen LogP contribution is 2.30. The summed E-state index contributed by atoms with van der Waals surface area (Å²) in [6, 6.07) is 10.7. The SMILES string of the molecule is CCOc1ccc(S(=O)(=O)N2CCCCC2)cc1NC(=O)CN(C)c1ccccc1F. The first-order valence-corrected chi connectivity index (χ1v) is 11.8. The molecule has 2 aromatic rings. The Kier molecular flexibility index (Phi) is 7.50. The molecule has 1 heterocycles. The van der Waals surface area contributed by atoms with Crippen molar-refractivity contribution in [2.45, 2.75) is 31.1 Å². The molecule has 31 heavy (non-hydrogen) atoms. The Labute approximate surface area is 182 Å². The minimum absolute atomic E-state index is 0.107. The predicted molar refractivity (Wildman–Crippen MR) is 119 cm³/mol. The zero-order chi connectivity index (χ0) is 22.4. The van der Waals surface area contributed by atoms with Crippen LogP contribution in [-0.4, -0.2) is 51.9 Å². The number of carbonyl (C=O) groups is 1. The average Bonchev–Trinajstić information content (AvgIpc) is 2.75. The van der Waals surface area contributed by atoms with Crippen LogP contribution in [-0.2, 0) is 14.8 Å². The fraction of sp³-hybridized carbons (Fsp3) is 0.409. The van der Waals surface area contributed by atoms with E-state index in [1.54, 1.807) is 38.2 Å². The molecule has 1 N–H and O–H groups in total. The molecule has 0 unspecified atom stereocenters. The number of sulfonamides is 1. The summed E-state index contributed by atoms with van der Waals surface area (Å²) in [4.78, 5) is 14.2. The smallest absolute Gasteiger partial charge is 0.243 e. The van der Waals surface area contributed by atoms with Crippen molar-refractivity contribution in [3.05, 3.63) is 48.3 Å². The first kappa shape index (κ1) is 23.0. The van der Waals surface area contributed by atoms with Crippen molar-refractivity contribution in [2.24, 2.45) is 0 Å². The van der Waals surface area contributed by atoms with Crippen LogP contribution in [0.15, 0.2) is 47.4 Å². The lowest BCUT2D eigenvalue weighted by atomic mass is 10.2. The number of anilines is 2. The highest BCUT2D eigenvalue weighted by Gasteiger charge is 2.27. The minimum Gasteiger partial charge on any atom is -0.492 e. The molecule has 7 nitrogen and oxygen atoms in total. The Morgan fingerprint density at radius 2 is 1.87 bits per heavy atom. The van der Waals surface area contributed by atoms with E-state index in [9.17, 15) is 17.6 Å². The number of halogens is 1. The summed E-state index contributed by atoms with van der Waals surface area (Å²) in [5, 5.41) is 2.72. The van der Waals surface area contributed by atoms with E-state index in [-0.39, 0.29) is 17.1 Å². The van der Waals surface area contributed by atoms with Gasteiger partial charge < -0.3 is 15.0 Å². The lowest BCUT2D eigenvalue weighted by Gasteiger charge is -2.26. The second-order valence-corrected chi connectivity index (χ2v) is 9.35. The molecule has 1 amide bonds. The van der Waals surface area contributed by atoms with Crippen LogP contribution >= 0.6 is 0 Å². The summed E-state index contributed by atoms with van der Waals surface area (Å²) in [5.41, 5.74) is 0.566. The summed E-state index contributed by atoms with van der Waals surface area (Å²) < 4.78 is 47.1. The van der Waals surface area contributed by atoms with Gasteiger partial charge in [-0.2, -0.15) is 4.31 Å². The van der Waals surface area contributed by atoms with E-state index < -0.39 is 21.7 Å².